The molecule has 1 aliphatic rings. The molecule has 1 aromatic heterocycles. The van der Waals surface area contributed by atoms with Crippen molar-refractivity contribution >= 4 is 34.2 Å². The SMILES string of the molecule is Clc1cc2nc(C3CCCOC3)[nH]c2cc1Cl. The van der Waals surface area contributed by atoms with E-state index in [4.69, 9.17) is 27.9 Å². The lowest BCUT2D eigenvalue weighted by molar-refractivity contribution is 0.0784. The topological polar surface area (TPSA) is 37.9 Å². The highest BCUT2D eigenvalue weighted by atomic mass is 35.5. The van der Waals surface area contributed by atoms with Gasteiger partial charge in [0, 0.05) is 12.5 Å². The molecule has 0 radical (unpaired) electrons. The number of imidazole rings is 1. The minimum atomic E-state index is 0.355. The van der Waals surface area contributed by atoms with Crippen molar-refractivity contribution in [1.82, 2.24) is 9.97 Å². The number of hydrogen-bond donors (Lipinski definition) is 1. The highest BCUT2D eigenvalue weighted by Gasteiger charge is 2.19. The van der Waals surface area contributed by atoms with Crippen LogP contribution in [0.25, 0.3) is 11.0 Å². The summed E-state index contributed by atoms with van der Waals surface area (Å²) in [5.41, 5.74) is 1.79. The Morgan fingerprint density at radius 2 is 2.12 bits per heavy atom. The number of fused-ring (bicyclic) bond motifs is 1. The van der Waals surface area contributed by atoms with E-state index in [0.717, 1.165) is 42.9 Å². The number of nitrogens with one attached hydrogen (secondary N) is 1. The van der Waals surface area contributed by atoms with E-state index in [-0.39, 0.29) is 0 Å². The summed E-state index contributed by atoms with van der Waals surface area (Å²) in [5.74, 6) is 1.33. The Morgan fingerprint density at radius 1 is 1.29 bits per heavy atom. The molecule has 3 nitrogen and oxygen atoms in total. The first-order chi connectivity index (χ1) is 8.24. The molecule has 0 aliphatic carbocycles. The van der Waals surface area contributed by atoms with E-state index in [1.165, 1.54) is 0 Å². The number of rotatable bonds is 1. The number of H-pyrrole nitrogens is 1. The van der Waals surface area contributed by atoms with Crippen LogP contribution in [0.1, 0.15) is 24.6 Å². The first-order valence-corrected chi connectivity index (χ1v) is 6.42. The minimum Gasteiger partial charge on any atom is -0.381 e. The molecule has 0 saturated carbocycles. The molecule has 3 rings (SSSR count). The molecule has 2 heterocycles. The monoisotopic (exact) mass is 270 g/mol. The molecular formula is C12H12Cl2N2O. The van der Waals surface area contributed by atoms with Crippen molar-refractivity contribution in [3.63, 3.8) is 0 Å². The van der Waals surface area contributed by atoms with Gasteiger partial charge in [-0.2, -0.15) is 0 Å². The van der Waals surface area contributed by atoms with Crippen LogP contribution in [0.5, 0.6) is 0 Å². The molecule has 17 heavy (non-hydrogen) atoms. The van der Waals surface area contributed by atoms with E-state index >= 15 is 0 Å². The highest BCUT2D eigenvalue weighted by Crippen LogP contribution is 2.29. The van der Waals surface area contributed by atoms with Gasteiger partial charge in [0.2, 0.25) is 0 Å². The molecule has 1 unspecified atom stereocenters. The summed E-state index contributed by atoms with van der Waals surface area (Å²) in [6, 6.07) is 3.61. The number of halogens is 2. The van der Waals surface area contributed by atoms with Crippen molar-refractivity contribution < 1.29 is 4.74 Å². The van der Waals surface area contributed by atoms with Crippen LogP contribution in [-0.2, 0) is 4.74 Å². The van der Waals surface area contributed by atoms with Gasteiger partial charge < -0.3 is 9.72 Å². The molecule has 1 fully saturated rings. The fraction of sp³-hybridized carbons (Fsp3) is 0.417. The molecule has 5 heteroatoms. The number of aromatic nitrogens is 2. The fourth-order valence-electron chi connectivity index (χ4n) is 2.17. The molecule has 1 aromatic carbocycles. The summed E-state index contributed by atoms with van der Waals surface area (Å²) in [7, 11) is 0. The van der Waals surface area contributed by atoms with Gasteiger partial charge in [-0.05, 0) is 25.0 Å². The summed E-state index contributed by atoms with van der Waals surface area (Å²) in [6.07, 6.45) is 2.20. The number of nitrogens with zero attached hydrogens (tertiary/aromatic N) is 1. The lowest BCUT2D eigenvalue weighted by atomic mass is 10.0. The summed E-state index contributed by atoms with van der Waals surface area (Å²) < 4.78 is 5.47. The average Bonchev–Trinajstić information content (AvgIpc) is 2.74. The van der Waals surface area contributed by atoms with Crippen molar-refractivity contribution in [1.29, 1.82) is 0 Å². The molecule has 0 bridgehead atoms. The minimum absolute atomic E-state index is 0.355. The molecule has 0 spiro atoms. The van der Waals surface area contributed by atoms with Gasteiger partial charge in [-0.15, -0.1) is 0 Å². The largest absolute Gasteiger partial charge is 0.381 e. The van der Waals surface area contributed by atoms with E-state index in [0.29, 0.717) is 16.0 Å². The molecule has 90 valence electrons. The molecule has 1 saturated heterocycles. The third kappa shape index (κ3) is 2.15. The second-order valence-electron chi connectivity index (χ2n) is 4.32. The zero-order valence-electron chi connectivity index (χ0n) is 9.17. The highest BCUT2D eigenvalue weighted by molar-refractivity contribution is 6.42. The number of benzene rings is 1. The zero-order chi connectivity index (χ0) is 11.8. The quantitative estimate of drug-likeness (QED) is 0.857. The van der Waals surface area contributed by atoms with Crippen LogP contribution in [0.3, 0.4) is 0 Å². The van der Waals surface area contributed by atoms with Crippen LogP contribution >= 0.6 is 23.2 Å². The Labute approximate surface area is 109 Å². The molecule has 0 amide bonds. The van der Waals surface area contributed by atoms with Gasteiger partial charge in [0.15, 0.2) is 0 Å². The van der Waals surface area contributed by atoms with Crippen molar-refractivity contribution in [2.24, 2.45) is 0 Å². The number of aromatic amines is 1. The van der Waals surface area contributed by atoms with E-state index in [1.807, 2.05) is 6.07 Å². The smallest absolute Gasteiger partial charge is 0.112 e. The van der Waals surface area contributed by atoms with Crippen molar-refractivity contribution in [3.05, 3.63) is 28.0 Å². The summed E-state index contributed by atoms with van der Waals surface area (Å²) in [5, 5.41) is 1.09. The lowest BCUT2D eigenvalue weighted by Crippen LogP contribution is -2.16. The molecular weight excluding hydrogens is 259 g/mol. The Balaban J connectivity index is 2.00. The Morgan fingerprint density at radius 3 is 2.88 bits per heavy atom. The van der Waals surface area contributed by atoms with Crippen LogP contribution in [0.15, 0.2) is 12.1 Å². The van der Waals surface area contributed by atoms with Gasteiger partial charge >= 0.3 is 0 Å². The standard InChI is InChI=1S/C12H12Cl2N2O/c13-8-4-10-11(5-9(8)14)16-12(15-10)7-2-1-3-17-6-7/h4-5,7H,1-3,6H2,(H,15,16). The third-order valence-corrected chi connectivity index (χ3v) is 3.81. The van der Waals surface area contributed by atoms with Gasteiger partial charge in [-0.3, -0.25) is 0 Å². The zero-order valence-corrected chi connectivity index (χ0v) is 10.7. The van der Waals surface area contributed by atoms with Crippen molar-refractivity contribution in [2.45, 2.75) is 18.8 Å². The fourth-order valence-corrected chi connectivity index (χ4v) is 2.50. The van der Waals surface area contributed by atoms with Crippen molar-refractivity contribution in [3.8, 4) is 0 Å². The van der Waals surface area contributed by atoms with Crippen LogP contribution in [0.2, 0.25) is 10.0 Å². The van der Waals surface area contributed by atoms with Gasteiger partial charge in [0.1, 0.15) is 5.82 Å². The lowest BCUT2D eigenvalue weighted by Gasteiger charge is -2.19. The number of ether oxygens (including phenoxy) is 1. The normalized spacial score (nSPS) is 20.9. The molecule has 2 aromatic rings. The van der Waals surface area contributed by atoms with Gasteiger partial charge in [-0.1, -0.05) is 23.2 Å². The molecule has 1 N–H and O–H groups in total. The van der Waals surface area contributed by atoms with Crippen LogP contribution in [0.4, 0.5) is 0 Å². The van der Waals surface area contributed by atoms with E-state index < -0.39 is 0 Å². The first kappa shape index (κ1) is 11.3. The second kappa shape index (κ2) is 4.48. The third-order valence-electron chi connectivity index (χ3n) is 3.09. The first-order valence-electron chi connectivity index (χ1n) is 5.66. The maximum absolute atomic E-state index is 5.98. The van der Waals surface area contributed by atoms with Gasteiger partial charge in [-0.25, -0.2) is 4.98 Å². The van der Waals surface area contributed by atoms with Crippen molar-refractivity contribution in [2.75, 3.05) is 13.2 Å². The second-order valence-corrected chi connectivity index (χ2v) is 5.13. The Bertz CT molecular complexity index is 508. The van der Waals surface area contributed by atoms with Crippen LogP contribution in [0, 0.1) is 0 Å². The predicted octanol–water partition coefficient (Wildman–Crippen LogP) is 3.76. The summed E-state index contributed by atoms with van der Waals surface area (Å²) in [4.78, 5) is 7.86. The number of hydrogen-bond acceptors (Lipinski definition) is 2. The average molecular weight is 271 g/mol. The van der Waals surface area contributed by atoms with Crippen LogP contribution in [-0.4, -0.2) is 23.2 Å². The van der Waals surface area contributed by atoms with Gasteiger partial charge in [0.25, 0.3) is 0 Å². The summed E-state index contributed by atoms with van der Waals surface area (Å²) in [6.45, 7) is 1.59. The predicted molar refractivity (Wildman–Crippen MR) is 68.9 cm³/mol. The maximum atomic E-state index is 5.98. The summed E-state index contributed by atoms with van der Waals surface area (Å²) >= 11 is 12.0. The Kier molecular flexibility index (Phi) is 2.99. The van der Waals surface area contributed by atoms with Gasteiger partial charge in [0.05, 0.1) is 27.7 Å². The van der Waals surface area contributed by atoms with Crippen LogP contribution < -0.4 is 0 Å². The molecule has 1 aliphatic heterocycles. The maximum Gasteiger partial charge on any atom is 0.112 e. The van der Waals surface area contributed by atoms with E-state index in [1.54, 1.807) is 6.07 Å². The van der Waals surface area contributed by atoms with E-state index in [9.17, 15) is 0 Å². The molecule has 1 atom stereocenters. The van der Waals surface area contributed by atoms with E-state index in [2.05, 4.69) is 9.97 Å². The Hall–Kier alpha value is -0.770.